The van der Waals surface area contributed by atoms with Gasteiger partial charge in [0.25, 0.3) is 0 Å². The zero-order valence-corrected chi connectivity index (χ0v) is 6.29. The minimum absolute atomic E-state index is 0.609. The van der Waals surface area contributed by atoms with E-state index in [1.54, 1.807) is 0 Å². The van der Waals surface area contributed by atoms with Gasteiger partial charge in [-0.1, -0.05) is 6.42 Å². The molecule has 3 rings (SSSR count). The molecule has 2 N–H and O–H groups in total. The van der Waals surface area contributed by atoms with Crippen LogP contribution in [0.1, 0.15) is 25.7 Å². The Hall–Kier alpha value is -0.0400. The van der Waals surface area contributed by atoms with Crippen LogP contribution in [0.2, 0.25) is 0 Å². The highest BCUT2D eigenvalue weighted by Crippen LogP contribution is 2.59. The third-order valence-electron chi connectivity index (χ3n) is 4.21. The Labute approximate surface area is 62.0 Å². The van der Waals surface area contributed by atoms with Crippen LogP contribution in [0.4, 0.5) is 0 Å². The van der Waals surface area contributed by atoms with Crippen molar-refractivity contribution in [3.05, 3.63) is 0 Å². The smallest absolute Gasteiger partial charge is 0.0101 e. The monoisotopic (exact) mass is 137 g/mol. The maximum Gasteiger partial charge on any atom is 0.0101 e. The van der Waals surface area contributed by atoms with Gasteiger partial charge >= 0.3 is 0 Å². The Bertz CT molecular complexity index is 160. The minimum atomic E-state index is 0.609. The van der Waals surface area contributed by atoms with Gasteiger partial charge in [0.2, 0.25) is 0 Å². The van der Waals surface area contributed by atoms with Gasteiger partial charge in [0.15, 0.2) is 0 Å². The van der Waals surface area contributed by atoms with Gasteiger partial charge in [-0.25, -0.2) is 0 Å². The quantitative estimate of drug-likeness (QED) is 0.536. The molecule has 3 fully saturated rings. The molecule has 3 aliphatic carbocycles. The predicted molar refractivity (Wildman–Crippen MR) is 40.4 cm³/mol. The van der Waals surface area contributed by atoms with E-state index in [9.17, 15) is 0 Å². The van der Waals surface area contributed by atoms with Gasteiger partial charge < -0.3 is 5.73 Å². The van der Waals surface area contributed by atoms with Gasteiger partial charge in [-0.2, -0.15) is 0 Å². The Balaban J connectivity index is 1.94. The third-order valence-corrected chi connectivity index (χ3v) is 4.21. The van der Waals surface area contributed by atoms with Gasteiger partial charge in [-0.05, 0) is 42.9 Å². The van der Waals surface area contributed by atoms with Crippen molar-refractivity contribution in [1.29, 1.82) is 0 Å². The Morgan fingerprint density at radius 1 is 0.900 bits per heavy atom. The van der Waals surface area contributed by atoms with E-state index in [2.05, 4.69) is 0 Å². The molecule has 10 heavy (non-hydrogen) atoms. The molecule has 1 heteroatoms. The van der Waals surface area contributed by atoms with Crippen LogP contribution in [-0.2, 0) is 0 Å². The molecule has 0 heterocycles. The van der Waals surface area contributed by atoms with Crippen molar-refractivity contribution in [2.75, 3.05) is 0 Å². The molecule has 0 amide bonds. The molecule has 0 spiro atoms. The normalized spacial score (nSPS) is 63.9. The fraction of sp³-hybridized carbons (Fsp3) is 1.00. The van der Waals surface area contributed by atoms with Gasteiger partial charge in [-0.15, -0.1) is 0 Å². The van der Waals surface area contributed by atoms with Crippen LogP contribution in [0.5, 0.6) is 0 Å². The van der Waals surface area contributed by atoms with E-state index in [1.165, 1.54) is 25.7 Å². The van der Waals surface area contributed by atoms with Crippen LogP contribution in [0.15, 0.2) is 0 Å². The van der Waals surface area contributed by atoms with E-state index in [0.717, 1.165) is 23.7 Å². The van der Waals surface area contributed by atoms with E-state index in [0.29, 0.717) is 6.04 Å². The highest BCUT2D eigenvalue weighted by Gasteiger charge is 2.55. The van der Waals surface area contributed by atoms with Crippen LogP contribution in [0.25, 0.3) is 0 Å². The van der Waals surface area contributed by atoms with E-state index in [1.807, 2.05) is 0 Å². The number of hydrogen-bond donors (Lipinski definition) is 1. The van der Waals surface area contributed by atoms with Crippen molar-refractivity contribution in [2.24, 2.45) is 29.4 Å². The molecule has 0 aromatic rings. The molecule has 3 saturated carbocycles. The average molecular weight is 137 g/mol. The molecule has 3 aliphatic rings. The first-order valence-electron chi connectivity index (χ1n) is 4.62. The van der Waals surface area contributed by atoms with Gasteiger partial charge in [0.05, 0.1) is 0 Å². The van der Waals surface area contributed by atoms with Crippen molar-refractivity contribution in [1.82, 2.24) is 0 Å². The molecule has 0 radical (unpaired) electrons. The predicted octanol–water partition coefficient (Wildman–Crippen LogP) is 1.38. The van der Waals surface area contributed by atoms with Crippen molar-refractivity contribution in [2.45, 2.75) is 31.7 Å². The molecule has 0 saturated heterocycles. The average Bonchev–Trinajstić information content (AvgIpc) is 2.12. The SMILES string of the molecule is NC1C2CCC3CC1C2C3. The maximum absolute atomic E-state index is 6.05. The van der Waals surface area contributed by atoms with E-state index in [-0.39, 0.29) is 0 Å². The summed E-state index contributed by atoms with van der Waals surface area (Å²) in [4.78, 5) is 0. The van der Waals surface area contributed by atoms with Crippen molar-refractivity contribution in [3.63, 3.8) is 0 Å². The summed E-state index contributed by atoms with van der Waals surface area (Å²) in [6, 6.07) is 0.609. The van der Waals surface area contributed by atoms with Crippen molar-refractivity contribution < 1.29 is 0 Å². The second kappa shape index (κ2) is 1.58. The van der Waals surface area contributed by atoms with Crippen molar-refractivity contribution >= 4 is 0 Å². The van der Waals surface area contributed by atoms with E-state index < -0.39 is 0 Å². The summed E-state index contributed by atoms with van der Waals surface area (Å²) >= 11 is 0. The summed E-state index contributed by atoms with van der Waals surface area (Å²) in [7, 11) is 0. The second-order valence-electron chi connectivity index (χ2n) is 4.48. The lowest BCUT2D eigenvalue weighted by Gasteiger charge is -2.47. The van der Waals surface area contributed by atoms with Crippen LogP contribution >= 0.6 is 0 Å². The second-order valence-corrected chi connectivity index (χ2v) is 4.48. The van der Waals surface area contributed by atoms with Gasteiger partial charge in [0.1, 0.15) is 0 Å². The molecule has 0 aromatic heterocycles. The summed E-state index contributed by atoms with van der Waals surface area (Å²) in [6.45, 7) is 0. The molecule has 5 unspecified atom stereocenters. The lowest BCUT2D eigenvalue weighted by molar-refractivity contribution is 0.0506. The molecular weight excluding hydrogens is 122 g/mol. The number of hydrogen-bond acceptors (Lipinski definition) is 1. The summed E-state index contributed by atoms with van der Waals surface area (Å²) < 4.78 is 0. The first-order valence-corrected chi connectivity index (χ1v) is 4.62. The number of rotatable bonds is 0. The van der Waals surface area contributed by atoms with Gasteiger partial charge in [-0.3, -0.25) is 0 Å². The number of nitrogens with two attached hydrogens (primary N) is 1. The summed E-state index contributed by atoms with van der Waals surface area (Å²) in [6.07, 6.45) is 5.95. The highest BCUT2D eigenvalue weighted by atomic mass is 14.8. The fourth-order valence-electron chi connectivity index (χ4n) is 3.68. The first-order chi connectivity index (χ1) is 4.86. The zero-order chi connectivity index (χ0) is 6.72. The Kier molecular flexibility index (Phi) is 0.883. The van der Waals surface area contributed by atoms with Crippen LogP contribution < -0.4 is 5.73 Å². The molecule has 2 bridgehead atoms. The summed E-state index contributed by atoms with van der Waals surface area (Å²) in [5.74, 6) is 4.06. The Morgan fingerprint density at radius 2 is 1.70 bits per heavy atom. The lowest BCUT2D eigenvalue weighted by Crippen LogP contribution is -2.53. The highest BCUT2D eigenvalue weighted by molar-refractivity contribution is 5.08. The lowest BCUT2D eigenvalue weighted by atomic mass is 9.60. The maximum atomic E-state index is 6.05. The van der Waals surface area contributed by atoms with Gasteiger partial charge in [0, 0.05) is 6.04 Å². The summed E-state index contributed by atoms with van der Waals surface area (Å²) in [5.41, 5.74) is 6.05. The van der Waals surface area contributed by atoms with Crippen molar-refractivity contribution in [3.8, 4) is 0 Å². The Morgan fingerprint density at radius 3 is 2.60 bits per heavy atom. The molecule has 0 aliphatic heterocycles. The topological polar surface area (TPSA) is 26.0 Å². The standard InChI is InChI=1S/C9H15N/c10-9-6-2-1-5-3-7(6)8(9)4-5/h5-9H,1-4,10H2. The molecule has 1 nitrogen and oxygen atoms in total. The van der Waals surface area contributed by atoms with E-state index in [4.69, 9.17) is 5.73 Å². The third kappa shape index (κ3) is 0.460. The van der Waals surface area contributed by atoms with E-state index >= 15 is 0 Å². The van der Waals surface area contributed by atoms with Crippen LogP contribution in [0, 0.1) is 23.7 Å². The molecular formula is C9H15N. The molecule has 56 valence electrons. The molecule has 5 atom stereocenters. The largest absolute Gasteiger partial charge is 0.327 e. The molecule has 0 aromatic carbocycles. The minimum Gasteiger partial charge on any atom is -0.327 e. The zero-order valence-electron chi connectivity index (χ0n) is 6.29. The van der Waals surface area contributed by atoms with Crippen LogP contribution in [0.3, 0.4) is 0 Å². The summed E-state index contributed by atoms with van der Waals surface area (Å²) in [5, 5.41) is 0. The fourth-order valence-corrected chi connectivity index (χ4v) is 3.68. The first kappa shape index (κ1) is 5.59. The number of fused-ring (bicyclic) bond motifs is 1. The van der Waals surface area contributed by atoms with Crippen LogP contribution in [-0.4, -0.2) is 6.04 Å².